The molecule has 0 aliphatic carbocycles. The highest BCUT2D eigenvalue weighted by Crippen LogP contribution is 2.26. The molecule has 1 aliphatic rings. The first-order valence-corrected chi connectivity index (χ1v) is 11.0. The molecule has 1 fully saturated rings. The topological polar surface area (TPSA) is 67.9 Å². The Morgan fingerprint density at radius 2 is 1.96 bits per heavy atom. The van der Waals surface area contributed by atoms with Crippen LogP contribution < -0.4 is 9.46 Å². The molecule has 1 atom stereocenters. The van der Waals surface area contributed by atoms with Crippen LogP contribution in [0.5, 0.6) is 5.75 Å². The maximum Gasteiger partial charge on any atom is 0.240 e. The number of halogens is 1. The van der Waals surface area contributed by atoms with Crippen LogP contribution in [0.4, 0.5) is 0 Å². The van der Waals surface area contributed by atoms with Gasteiger partial charge in [0.25, 0.3) is 0 Å². The number of nitrogens with zero attached hydrogens (tertiary/aromatic N) is 1. The van der Waals surface area contributed by atoms with Gasteiger partial charge < -0.3 is 9.47 Å². The Kier molecular flexibility index (Phi) is 6.95. The zero-order valence-electron chi connectivity index (χ0n) is 16.0. The van der Waals surface area contributed by atoms with Gasteiger partial charge in [-0.1, -0.05) is 23.7 Å². The van der Waals surface area contributed by atoms with Crippen LogP contribution in [0.15, 0.2) is 47.4 Å². The maximum absolute atomic E-state index is 12.9. The number of sulfonamides is 1. The molecule has 3 rings (SSSR count). The van der Waals surface area contributed by atoms with E-state index in [1.807, 2.05) is 24.3 Å². The van der Waals surface area contributed by atoms with Crippen molar-refractivity contribution in [1.29, 1.82) is 0 Å². The molecule has 28 heavy (non-hydrogen) atoms. The normalized spacial score (nSPS) is 16.7. The van der Waals surface area contributed by atoms with E-state index in [-0.39, 0.29) is 17.5 Å². The van der Waals surface area contributed by atoms with E-state index < -0.39 is 10.0 Å². The van der Waals surface area contributed by atoms with Gasteiger partial charge in [0.1, 0.15) is 5.75 Å². The molecule has 0 radical (unpaired) electrons. The molecule has 2 aromatic carbocycles. The standard InChI is InChI=1S/C20H25ClN2O4S/c1-15-12-18(26-2)6-7-20(15)28(24,25)22-14-19(23-8-10-27-11-9-23)16-4-3-5-17(21)13-16/h3-7,12-13,19,22H,8-11,14H2,1-2H3. The summed E-state index contributed by atoms with van der Waals surface area (Å²) in [4.78, 5) is 2.47. The summed E-state index contributed by atoms with van der Waals surface area (Å²) in [6.07, 6.45) is 0. The largest absolute Gasteiger partial charge is 0.497 e. The predicted molar refractivity (Wildman–Crippen MR) is 110 cm³/mol. The summed E-state index contributed by atoms with van der Waals surface area (Å²) in [6, 6.07) is 12.4. The Balaban J connectivity index is 1.82. The summed E-state index contributed by atoms with van der Waals surface area (Å²) in [6.45, 7) is 4.73. The fourth-order valence-corrected chi connectivity index (χ4v) is 4.84. The van der Waals surface area contributed by atoms with E-state index in [9.17, 15) is 8.42 Å². The molecule has 0 aromatic heterocycles. The fourth-order valence-electron chi connectivity index (χ4n) is 3.38. The Bertz CT molecular complexity index is 914. The highest BCUT2D eigenvalue weighted by atomic mass is 35.5. The minimum atomic E-state index is -3.66. The van der Waals surface area contributed by atoms with Gasteiger partial charge in [0.05, 0.1) is 25.2 Å². The summed E-state index contributed by atoms with van der Waals surface area (Å²) < 4.78 is 39.2. The number of hydrogen-bond donors (Lipinski definition) is 1. The Labute approximate surface area is 171 Å². The monoisotopic (exact) mass is 424 g/mol. The van der Waals surface area contributed by atoms with Crippen LogP contribution in [0.3, 0.4) is 0 Å². The van der Waals surface area contributed by atoms with Crippen molar-refractivity contribution in [3.8, 4) is 5.75 Å². The van der Waals surface area contributed by atoms with Crippen molar-refractivity contribution in [1.82, 2.24) is 9.62 Å². The molecule has 8 heteroatoms. The first kappa shape index (κ1) is 21.1. The molecule has 1 N–H and O–H groups in total. The first-order valence-electron chi connectivity index (χ1n) is 9.12. The molecule has 1 aliphatic heterocycles. The van der Waals surface area contributed by atoms with E-state index in [0.717, 1.165) is 18.7 Å². The van der Waals surface area contributed by atoms with E-state index in [0.29, 0.717) is 29.5 Å². The van der Waals surface area contributed by atoms with Gasteiger partial charge in [-0.05, 0) is 48.4 Å². The lowest BCUT2D eigenvalue weighted by Crippen LogP contribution is -2.43. The van der Waals surface area contributed by atoms with Gasteiger partial charge in [0, 0.05) is 30.7 Å². The van der Waals surface area contributed by atoms with E-state index >= 15 is 0 Å². The number of ether oxygens (including phenoxy) is 2. The number of morpholine rings is 1. The SMILES string of the molecule is COc1ccc(S(=O)(=O)NCC(c2cccc(Cl)c2)N2CCOCC2)c(C)c1. The van der Waals surface area contributed by atoms with Crippen LogP contribution in [0, 0.1) is 6.92 Å². The van der Waals surface area contributed by atoms with Gasteiger partial charge >= 0.3 is 0 Å². The molecule has 0 amide bonds. The Morgan fingerprint density at radius 3 is 2.61 bits per heavy atom. The van der Waals surface area contributed by atoms with Crippen molar-refractivity contribution in [3.63, 3.8) is 0 Å². The maximum atomic E-state index is 12.9. The lowest BCUT2D eigenvalue weighted by Gasteiger charge is -2.35. The second-order valence-electron chi connectivity index (χ2n) is 6.70. The number of rotatable bonds is 7. The number of hydrogen-bond acceptors (Lipinski definition) is 5. The fraction of sp³-hybridized carbons (Fsp3) is 0.400. The molecule has 0 spiro atoms. The van der Waals surface area contributed by atoms with Crippen molar-refractivity contribution in [2.24, 2.45) is 0 Å². The average molecular weight is 425 g/mol. The summed E-state index contributed by atoms with van der Waals surface area (Å²) in [5.74, 6) is 0.626. The molecular formula is C20H25ClN2O4S. The van der Waals surface area contributed by atoms with Gasteiger partial charge in [-0.25, -0.2) is 13.1 Å². The smallest absolute Gasteiger partial charge is 0.240 e. The van der Waals surface area contributed by atoms with Crippen LogP contribution >= 0.6 is 11.6 Å². The van der Waals surface area contributed by atoms with E-state index in [1.165, 1.54) is 0 Å². The molecule has 6 nitrogen and oxygen atoms in total. The minimum Gasteiger partial charge on any atom is -0.497 e. The summed E-state index contributed by atoms with van der Waals surface area (Å²) >= 11 is 6.17. The van der Waals surface area contributed by atoms with Crippen molar-refractivity contribution < 1.29 is 17.9 Å². The zero-order valence-corrected chi connectivity index (χ0v) is 17.6. The van der Waals surface area contributed by atoms with Gasteiger partial charge in [-0.15, -0.1) is 0 Å². The van der Waals surface area contributed by atoms with Crippen LogP contribution in [-0.4, -0.2) is 53.3 Å². The predicted octanol–water partition coefficient (Wildman–Crippen LogP) is 3.01. The zero-order chi connectivity index (χ0) is 20.1. The molecular weight excluding hydrogens is 400 g/mol. The third-order valence-electron chi connectivity index (χ3n) is 4.86. The van der Waals surface area contributed by atoms with Gasteiger partial charge in [0.2, 0.25) is 10.0 Å². The Hall–Kier alpha value is -1.64. The average Bonchev–Trinajstić information content (AvgIpc) is 2.68. The molecule has 0 bridgehead atoms. The van der Waals surface area contributed by atoms with Crippen molar-refractivity contribution in [2.75, 3.05) is 40.0 Å². The minimum absolute atomic E-state index is 0.129. The molecule has 152 valence electrons. The van der Waals surface area contributed by atoms with Crippen LogP contribution in [0.2, 0.25) is 5.02 Å². The third-order valence-corrected chi connectivity index (χ3v) is 6.68. The van der Waals surface area contributed by atoms with Crippen molar-refractivity contribution >= 4 is 21.6 Å². The van der Waals surface area contributed by atoms with E-state index in [4.69, 9.17) is 21.1 Å². The lowest BCUT2D eigenvalue weighted by atomic mass is 10.1. The van der Waals surface area contributed by atoms with E-state index in [1.54, 1.807) is 32.2 Å². The quantitative estimate of drug-likeness (QED) is 0.740. The highest BCUT2D eigenvalue weighted by Gasteiger charge is 2.26. The van der Waals surface area contributed by atoms with Gasteiger partial charge in [0.15, 0.2) is 0 Å². The molecule has 1 heterocycles. The summed E-state index contributed by atoms with van der Waals surface area (Å²) in [7, 11) is -2.11. The number of aryl methyl sites for hydroxylation is 1. The molecule has 0 saturated carbocycles. The van der Waals surface area contributed by atoms with Crippen LogP contribution in [0.25, 0.3) is 0 Å². The number of benzene rings is 2. The summed E-state index contributed by atoms with van der Waals surface area (Å²) in [5.41, 5.74) is 1.61. The second kappa shape index (κ2) is 9.24. The van der Waals surface area contributed by atoms with E-state index in [2.05, 4.69) is 9.62 Å². The van der Waals surface area contributed by atoms with Crippen molar-refractivity contribution in [3.05, 3.63) is 58.6 Å². The van der Waals surface area contributed by atoms with Crippen molar-refractivity contribution in [2.45, 2.75) is 17.9 Å². The highest BCUT2D eigenvalue weighted by molar-refractivity contribution is 7.89. The third kappa shape index (κ3) is 5.04. The molecule has 1 unspecified atom stereocenters. The number of methoxy groups -OCH3 is 1. The summed E-state index contributed by atoms with van der Waals surface area (Å²) in [5, 5.41) is 0.629. The van der Waals surface area contributed by atoms with Gasteiger partial charge in [-0.3, -0.25) is 4.90 Å². The lowest BCUT2D eigenvalue weighted by molar-refractivity contribution is 0.0172. The first-order chi connectivity index (χ1) is 13.4. The molecule has 2 aromatic rings. The second-order valence-corrected chi connectivity index (χ2v) is 8.87. The Morgan fingerprint density at radius 1 is 1.21 bits per heavy atom. The molecule has 1 saturated heterocycles. The number of nitrogens with one attached hydrogen (secondary N) is 1. The van der Waals surface area contributed by atoms with Crippen LogP contribution in [-0.2, 0) is 14.8 Å². The van der Waals surface area contributed by atoms with Gasteiger partial charge in [-0.2, -0.15) is 0 Å². The van der Waals surface area contributed by atoms with Crippen LogP contribution in [0.1, 0.15) is 17.2 Å².